The van der Waals surface area contributed by atoms with Crippen molar-refractivity contribution in [1.29, 1.82) is 5.26 Å². The highest BCUT2D eigenvalue weighted by Gasteiger charge is 2.37. The number of hydrogen-bond acceptors (Lipinski definition) is 7. The third kappa shape index (κ3) is 4.86. The normalized spacial score (nSPS) is 17.4. The van der Waals surface area contributed by atoms with E-state index in [0.717, 1.165) is 29.4 Å². The van der Waals surface area contributed by atoms with Gasteiger partial charge < -0.3 is 20.3 Å². The van der Waals surface area contributed by atoms with E-state index in [-0.39, 0.29) is 12.0 Å². The molecule has 1 unspecified atom stereocenters. The van der Waals surface area contributed by atoms with E-state index in [9.17, 15) is 9.59 Å². The third-order valence-electron chi connectivity index (χ3n) is 5.42. The molecule has 2 amide bonds. The van der Waals surface area contributed by atoms with E-state index >= 15 is 0 Å². The fourth-order valence-electron chi connectivity index (χ4n) is 3.86. The van der Waals surface area contributed by atoms with Crippen molar-refractivity contribution in [2.75, 3.05) is 30.0 Å². The predicted molar refractivity (Wildman–Crippen MR) is 129 cm³/mol. The standard InChI is InChI=1S/C24H23N5O3S/c1-15-20(22(30)32-2)21(29-12-3-13-33-24(29)26-15)17-6-10-19(11-7-17)28-23(31)27-18-8-4-16(14-25)5-9-18/h4-11,21H,3,12-13H2,1-2H3,(H2,27,28,31). The van der Waals surface area contributed by atoms with Crippen LogP contribution in [0.15, 0.2) is 64.8 Å². The number of ether oxygens (including phenoxy) is 1. The molecule has 8 nitrogen and oxygen atoms in total. The van der Waals surface area contributed by atoms with E-state index < -0.39 is 6.03 Å². The van der Waals surface area contributed by atoms with Crippen molar-refractivity contribution < 1.29 is 14.3 Å². The van der Waals surface area contributed by atoms with Gasteiger partial charge in [0.15, 0.2) is 5.17 Å². The van der Waals surface area contributed by atoms with Crippen LogP contribution in [0.5, 0.6) is 0 Å². The van der Waals surface area contributed by atoms with Crippen LogP contribution in [0.2, 0.25) is 0 Å². The first-order valence-corrected chi connectivity index (χ1v) is 11.4. The molecule has 2 aromatic carbocycles. The van der Waals surface area contributed by atoms with Crippen LogP contribution in [-0.2, 0) is 9.53 Å². The van der Waals surface area contributed by atoms with Gasteiger partial charge in [0.25, 0.3) is 0 Å². The van der Waals surface area contributed by atoms with Gasteiger partial charge in [0.05, 0.1) is 36.1 Å². The number of benzene rings is 2. The summed E-state index contributed by atoms with van der Waals surface area (Å²) >= 11 is 1.69. The van der Waals surface area contributed by atoms with Gasteiger partial charge in [-0.25, -0.2) is 14.6 Å². The number of carbonyl (C=O) groups excluding carboxylic acids is 2. The minimum atomic E-state index is -0.391. The van der Waals surface area contributed by atoms with Gasteiger partial charge in [-0.15, -0.1) is 0 Å². The number of thioether (sulfide) groups is 1. The smallest absolute Gasteiger partial charge is 0.338 e. The second-order valence-corrected chi connectivity index (χ2v) is 8.64. The number of carbonyl (C=O) groups is 2. The molecule has 4 rings (SSSR count). The lowest BCUT2D eigenvalue weighted by Crippen LogP contribution is -2.42. The summed E-state index contributed by atoms with van der Waals surface area (Å²) in [7, 11) is 1.38. The number of nitrogens with one attached hydrogen (secondary N) is 2. The van der Waals surface area contributed by atoms with Crippen LogP contribution in [0.3, 0.4) is 0 Å². The third-order valence-corrected chi connectivity index (χ3v) is 6.50. The Morgan fingerprint density at radius 2 is 1.76 bits per heavy atom. The lowest BCUT2D eigenvalue weighted by Gasteiger charge is -2.40. The van der Waals surface area contributed by atoms with Gasteiger partial charge in [0, 0.05) is 23.7 Å². The summed E-state index contributed by atoms with van der Waals surface area (Å²) in [6.07, 6.45) is 1.00. The summed E-state index contributed by atoms with van der Waals surface area (Å²) < 4.78 is 5.06. The molecule has 2 aliphatic rings. The van der Waals surface area contributed by atoms with E-state index in [4.69, 9.17) is 10.00 Å². The molecule has 33 heavy (non-hydrogen) atoms. The van der Waals surface area contributed by atoms with Crippen LogP contribution in [0.4, 0.5) is 16.2 Å². The largest absolute Gasteiger partial charge is 0.466 e. The number of allylic oxidation sites excluding steroid dienone is 1. The number of methoxy groups -OCH3 is 1. The Kier molecular flexibility index (Phi) is 6.66. The fourth-order valence-corrected chi connectivity index (χ4v) is 4.88. The SMILES string of the molecule is COC(=O)C1=C(C)N=C2SCCCN2C1c1ccc(NC(=O)Nc2ccc(C#N)cc2)cc1. The number of urea groups is 1. The maximum Gasteiger partial charge on any atom is 0.338 e. The molecule has 0 saturated carbocycles. The van der Waals surface area contributed by atoms with Crippen molar-refractivity contribution in [2.45, 2.75) is 19.4 Å². The van der Waals surface area contributed by atoms with Gasteiger partial charge in [0.1, 0.15) is 0 Å². The maximum atomic E-state index is 12.6. The van der Waals surface area contributed by atoms with E-state index in [2.05, 4.69) is 20.5 Å². The highest BCUT2D eigenvalue weighted by Crippen LogP contribution is 2.40. The molecule has 1 fully saturated rings. The number of esters is 1. The Morgan fingerprint density at radius 3 is 2.36 bits per heavy atom. The van der Waals surface area contributed by atoms with Crippen molar-refractivity contribution in [3.8, 4) is 6.07 Å². The Balaban J connectivity index is 1.52. The summed E-state index contributed by atoms with van der Waals surface area (Å²) in [5.41, 5.74) is 3.84. The number of aliphatic imine (C=N–C) groups is 1. The Bertz CT molecular complexity index is 1170. The van der Waals surface area contributed by atoms with Crippen LogP contribution in [0.25, 0.3) is 0 Å². The second-order valence-electron chi connectivity index (χ2n) is 7.57. The zero-order chi connectivity index (χ0) is 23.4. The number of nitriles is 1. The van der Waals surface area contributed by atoms with E-state index in [1.54, 1.807) is 48.2 Å². The van der Waals surface area contributed by atoms with Crippen LogP contribution < -0.4 is 10.6 Å². The number of amides is 2. The summed E-state index contributed by atoms with van der Waals surface area (Å²) in [6.45, 7) is 2.64. The molecular weight excluding hydrogens is 438 g/mol. The van der Waals surface area contributed by atoms with Gasteiger partial charge in [-0.1, -0.05) is 23.9 Å². The lowest BCUT2D eigenvalue weighted by atomic mass is 9.94. The Labute approximate surface area is 196 Å². The number of nitrogens with zero attached hydrogens (tertiary/aromatic N) is 3. The van der Waals surface area contributed by atoms with Crippen LogP contribution in [-0.4, -0.2) is 41.5 Å². The maximum absolute atomic E-state index is 12.6. The average Bonchev–Trinajstić information content (AvgIpc) is 2.83. The first kappa shape index (κ1) is 22.4. The van der Waals surface area contributed by atoms with Crippen molar-refractivity contribution in [2.24, 2.45) is 4.99 Å². The van der Waals surface area contributed by atoms with Crippen LogP contribution in [0, 0.1) is 11.3 Å². The van der Waals surface area contributed by atoms with Gasteiger partial charge in [0.2, 0.25) is 0 Å². The molecule has 1 atom stereocenters. The summed E-state index contributed by atoms with van der Waals surface area (Å²) in [5.74, 6) is 0.611. The average molecular weight is 462 g/mol. The monoisotopic (exact) mass is 461 g/mol. The van der Waals surface area contributed by atoms with E-state index in [0.29, 0.717) is 28.2 Å². The Morgan fingerprint density at radius 1 is 1.12 bits per heavy atom. The minimum Gasteiger partial charge on any atom is -0.466 e. The van der Waals surface area contributed by atoms with Gasteiger partial charge in [-0.3, -0.25) is 0 Å². The quantitative estimate of drug-likeness (QED) is 0.650. The van der Waals surface area contributed by atoms with Gasteiger partial charge in [-0.05, 0) is 55.3 Å². The summed E-state index contributed by atoms with van der Waals surface area (Å²) in [6, 6.07) is 15.4. The summed E-state index contributed by atoms with van der Waals surface area (Å²) in [4.78, 5) is 31.7. The molecule has 168 valence electrons. The number of anilines is 2. The summed E-state index contributed by atoms with van der Waals surface area (Å²) in [5, 5.41) is 15.3. The molecule has 9 heteroatoms. The van der Waals surface area contributed by atoms with Gasteiger partial charge >= 0.3 is 12.0 Å². The molecule has 2 aromatic rings. The molecule has 0 aliphatic carbocycles. The molecule has 2 aliphatic heterocycles. The van der Waals surface area contributed by atoms with Gasteiger partial charge in [-0.2, -0.15) is 5.26 Å². The molecule has 0 radical (unpaired) electrons. The molecule has 2 heterocycles. The molecule has 0 bridgehead atoms. The predicted octanol–water partition coefficient (Wildman–Crippen LogP) is 4.50. The topological polar surface area (TPSA) is 107 Å². The number of fused-ring (bicyclic) bond motifs is 1. The zero-order valence-electron chi connectivity index (χ0n) is 18.3. The lowest BCUT2D eigenvalue weighted by molar-refractivity contribution is -0.136. The minimum absolute atomic E-state index is 0.292. The van der Waals surface area contributed by atoms with E-state index in [1.807, 2.05) is 25.1 Å². The number of rotatable bonds is 4. The first-order valence-electron chi connectivity index (χ1n) is 10.5. The second kappa shape index (κ2) is 9.79. The fraction of sp³-hybridized carbons (Fsp3) is 0.250. The molecule has 1 saturated heterocycles. The Hall–Kier alpha value is -3.77. The van der Waals surface area contributed by atoms with Crippen molar-refractivity contribution in [3.05, 3.63) is 70.9 Å². The van der Waals surface area contributed by atoms with Crippen LogP contribution >= 0.6 is 11.8 Å². The first-order chi connectivity index (χ1) is 16.0. The molecule has 0 spiro atoms. The van der Waals surface area contributed by atoms with Crippen molar-refractivity contribution in [1.82, 2.24) is 4.90 Å². The molecule has 2 N–H and O–H groups in total. The van der Waals surface area contributed by atoms with Crippen molar-refractivity contribution >= 4 is 40.3 Å². The van der Waals surface area contributed by atoms with E-state index in [1.165, 1.54) is 7.11 Å². The van der Waals surface area contributed by atoms with Crippen LogP contribution in [0.1, 0.15) is 30.5 Å². The molecule has 0 aromatic heterocycles. The highest BCUT2D eigenvalue weighted by molar-refractivity contribution is 8.13. The number of amidine groups is 1. The zero-order valence-corrected chi connectivity index (χ0v) is 19.1. The highest BCUT2D eigenvalue weighted by atomic mass is 32.2. The molecular formula is C24H23N5O3S. The number of hydrogen-bond donors (Lipinski definition) is 2. The van der Waals surface area contributed by atoms with Crippen molar-refractivity contribution in [3.63, 3.8) is 0 Å².